The van der Waals surface area contributed by atoms with Crippen LogP contribution in [0.25, 0.3) is 0 Å². The first-order chi connectivity index (χ1) is 6.40. The fourth-order valence-corrected chi connectivity index (χ4v) is 1.95. The van der Waals surface area contributed by atoms with Gasteiger partial charge in [-0.05, 0) is 24.8 Å². The van der Waals surface area contributed by atoms with Crippen molar-refractivity contribution in [3.8, 4) is 0 Å². The summed E-state index contributed by atoms with van der Waals surface area (Å²) in [6, 6.07) is 0.0716. The second-order valence-electron chi connectivity index (χ2n) is 5.40. The molecule has 1 aliphatic rings. The first kappa shape index (κ1) is 11.5. The van der Waals surface area contributed by atoms with Gasteiger partial charge in [-0.2, -0.15) is 0 Å². The van der Waals surface area contributed by atoms with Crippen molar-refractivity contribution < 1.29 is 4.79 Å². The van der Waals surface area contributed by atoms with E-state index in [1.807, 2.05) is 11.9 Å². The number of carbonyl (C=O) groups excluding carboxylic acids is 1. The minimum atomic E-state index is 0.0716. The van der Waals surface area contributed by atoms with E-state index < -0.39 is 0 Å². The van der Waals surface area contributed by atoms with Crippen LogP contribution in [0.15, 0.2) is 0 Å². The molecule has 1 rings (SSSR count). The molecule has 0 aromatic heterocycles. The molecule has 0 saturated carbocycles. The standard InChI is InChI=1S/C11H22N2O/c1-11(2,3)8-13(4)10(14)9-6-5-7-12-9/h9,12H,5-8H2,1-4H3. The van der Waals surface area contributed by atoms with E-state index in [1.54, 1.807) is 0 Å². The maximum Gasteiger partial charge on any atom is 0.239 e. The highest BCUT2D eigenvalue weighted by Gasteiger charge is 2.26. The number of likely N-dealkylation sites (N-methyl/N-ethyl adjacent to an activating group) is 1. The third kappa shape index (κ3) is 3.29. The van der Waals surface area contributed by atoms with Crippen molar-refractivity contribution in [3.63, 3.8) is 0 Å². The summed E-state index contributed by atoms with van der Waals surface area (Å²) in [4.78, 5) is 13.7. The number of hydrogen-bond acceptors (Lipinski definition) is 2. The quantitative estimate of drug-likeness (QED) is 0.724. The summed E-state index contributed by atoms with van der Waals surface area (Å²) in [6.07, 6.45) is 2.12. The Bertz CT molecular complexity index is 202. The summed E-state index contributed by atoms with van der Waals surface area (Å²) in [5.74, 6) is 0.248. The van der Waals surface area contributed by atoms with E-state index in [0.29, 0.717) is 0 Å². The van der Waals surface area contributed by atoms with Gasteiger partial charge in [0.1, 0.15) is 0 Å². The molecule has 0 aliphatic carbocycles. The Hall–Kier alpha value is -0.570. The number of rotatable bonds is 2. The highest BCUT2D eigenvalue weighted by atomic mass is 16.2. The monoisotopic (exact) mass is 198 g/mol. The van der Waals surface area contributed by atoms with Crippen LogP contribution in [0.4, 0.5) is 0 Å². The molecule has 0 aromatic carbocycles. The molecule has 82 valence electrons. The predicted molar refractivity (Wildman–Crippen MR) is 58.1 cm³/mol. The minimum absolute atomic E-state index is 0.0716. The highest BCUT2D eigenvalue weighted by Crippen LogP contribution is 2.16. The van der Waals surface area contributed by atoms with E-state index in [1.165, 1.54) is 0 Å². The van der Waals surface area contributed by atoms with E-state index in [9.17, 15) is 4.79 Å². The van der Waals surface area contributed by atoms with E-state index in [0.717, 1.165) is 25.9 Å². The predicted octanol–water partition coefficient (Wildman–Crippen LogP) is 1.24. The second kappa shape index (κ2) is 4.30. The first-order valence-electron chi connectivity index (χ1n) is 5.38. The third-order valence-electron chi connectivity index (χ3n) is 2.45. The van der Waals surface area contributed by atoms with E-state index >= 15 is 0 Å². The molecule has 14 heavy (non-hydrogen) atoms. The number of nitrogens with one attached hydrogen (secondary N) is 1. The van der Waals surface area contributed by atoms with Crippen molar-refractivity contribution in [2.75, 3.05) is 20.1 Å². The molecule has 0 bridgehead atoms. The third-order valence-corrected chi connectivity index (χ3v) is 2.45. The number of hydrogen-bond donors (Lipinski definition) is 1. The van der Waals surface area contributed by atoms with Crippen molar-refractivity contribution in [2.45, 2.75) is 39.7 Å². The molecule has 0 aromatic rings. The van der Waals surface area contributed by atoms with Gasteiger partial charge in [-0.1, -0.05) is 20.8 Å². The zero-order valence-electron chi connectivity index (χ0n) is 9.76. The second-order valence-corrected chi connectivity index (χ2v) is 5.40. The van der Waals surface area contributed by atoms with Crippen molar-refractivity contribution >= 4 is 5.91 Å². The highest BCUT2D eigenvalue weighted by molar-refractivity contribution is 5.81. The molecule has 1 amide bonds. The topological polar surface area (TPSA) is 32.3 Å². The van der Waals surface area contributed by atoms with Crippen LogP contribution >= 0.6 is 0 Å². The maximum absolute atomic E-state index is 11.9. The molecule has 1 N–H and O–H groups in total. The van der Waals surface area contributed by atoms with Crippen LogP contribution in [-0.4, -0.2) is 37.0 Å². The van der Waals surface area contributed by atoms with Gasteiger partial charge in [-0.25, -0.2) is 0 Å². The smallest absolute Gasteiger partial charge is 0.239 e. The fourth-order valence-electron chi connectivity index (χ4n) is 1.95. The molecule has 1 unspecified atom stereocenters. The molecule has 1 fully saturated rings. The molecule has 0 radical (unpaired) electrons. The van der Waals surface area contributed by atoms with Crippen LogP contribution in [-0.2, 0) is 4.79 Å². The van der Waals surface area contributed by atoms with Gasteiger partial charge in [0.25, 0.3) is 0 Å². The van der Waals surface area contributed by atoms with Crippen molar-refractivity contribution in [1.29, 1.82) is 0 Å². The molecule has 0 spiro atoms. The van der Waals surface area contributed by atoms with Crippen LogP contribution < -0.4 is 5.32 Å². The number of amides is 1. The molecule has 1 atom stereocenters. The Kier molecular flexibility index (Phi) is 3.53. The summed E-state index contributed by atoms with van der Waals surface area (Å²) >= 11 is 0. The lowest BCUT2D eigenvalue weighted by atomic mass is 9.96. The minimum Gasteiger partial charge on any atom is -0.344 e. The summed E-state index contributed by atoms with van der Waals surface area (Å²) in [5, 5.41) is 3.23. The SMILES string of the molecule is CN(CC(C)(C)C)C(=O)C1CCCN1. The average Bonchev–Trinajstić information content (AvgIpc) is 2.51. The molecule has 3 heteroatoms. The van der Waals surface area contributed by atoms with E-state index in [2.05, 4.69) is 26.1 Å². The lowest BCUT2D eigenvalue weighted by molar-refractivity contribution is -0.132. The Balaban J connectivity index is 2.43. The molecule has 3 nitrogen and oxygen atoms in total. The number of carbonyl (C=O) groups is 1. The molecular formula is C11H22N2O. The molecule has 1 saturated heterocycles. The van der Waals surface area contributed by atoms with Gasteiger partial charge in [0.2, 0.25) is 5.91 Å². The summed E-state index contributed by atoms with van der Waals surface area (Å²) in [5.41, 5.74) is 0.184. The average molecular weight is 198 g/mol. The lowest BCUT2D eigenvalue weighted by Crippen LogP contribution is -2.44. The fraction of sp³-hybridized carbons (Fsp3) is 0.909. The summed E-state index contributed by atoms with van der Waals surface area (Å²) in [7, 11) is 1.90. The van der Waals surface area contributed by atoms with Crippen molar-refractivity contribution in [2.24, 2.45) is 5.41 Å². The van der Waals surface area contributed by atoms with Crippen LogP contribution in [0.5, 0.6) is 0 Å². The molecular weight excluding hydrogens is 176 g/mol. The van der Waals surface area contributed by atoms with E-state index in [4.69, 9.17) is 0 Å². The van der Waals surface area contributed by atoms with Gasteiger partial charge in [-0.3, -0.25) is 4.79 Å². The largest absolute Gasteiger partial charge is 0.344 e. The first-order valence-corrected chi connectivity index (χ1v) is 5.38. The zero-order valence-corrected chi connectivity index (χ0v) is 9.76. The van der Waals surface area contributed by atoms with Crippen LogP contribution in [0, 0.1) is 5.41 Å². The Morgan fingerprint density at radius 2 is 2.14 bits per heavy atom. The van der Waals surface area contributed by atoms with Crippen molar-refractivity contribution in [1.82, 2.24) is 10.2 Å². The van der Waals surface area contributed by atoms with Crippen LogP contribution in [0.1, 0.15) is 33.6 Å². The van der Waals surface area contributed by atoms with Crippen LogP contribution in [0.2, 0.25) is 0 Å². The lowest BCUT2D eigenvalue weighted by Gasteiger charge is -2.28. The van der Waals surface area contributed by atoms with Gasteiger partial charge >= 0.3 is 0 Å². The summed E-state index contributed by atoms with van der Waals surface area (Å²) in [6.45, 7) is 8.26. The Morgan fingerprint density at radius 1 is 1.50 bits per heavy atom. The Labute approximate surface area is 86.9 Å². The zero-order chi connectivity index (χ0) is 10.8. The van der Waals surface area contributed by atoms with Crippen LogP contribution in [0.3, 0.4) is 0 Å². The molecule has 1 aliphatic heterocycles. The van der Waals surface area contributed by atoms with Gasteiger partial charge in [0.05, 0.1) is 6.04 Å². The van der Waals surface area contributed by atoms with Crippen molar-refractivity contribution in [3.05, 3.63) is 0 Å². The van der Waals surface area contributed by atoms with Gasteiger partial charge in [0, 0.05) is 13.6 Å². The van der Waals surface area contributed by atoms with Gasteiger partial charge in [0.15, 0.2) is 0 Å². The normalized spacial score (nSPS) is 22.4. The summed E-state index contributed by atoms with van der Waals surface area (Å²) < 4.78 is 0. The molecule has 1 heterocycles. The maximum atomic E-state index is 11.9. The number of nitrogens with zero attached hydrogens (tertiary/aromatic N) is 1. The Morgan fingerprint density at radius 3 is 2.57 bits per heavy atom. The van der Waals surface area contributed by atoms with E-state index in [-0.39, 0.29) is 17.4 Å². The van der Waals surface area contributed by atoms with Gasteiger partial charge in [-0.15, -0.1) is 0 Å². The van der Waals surface area contributed by atoms with Gasteiger partial charge < -0.3 is 10.2 Å².